The van der Waals surface area contributed by atoms with Gasteiger partial charge in [-0.05, 0) is 62.2 Å². The Morgan fingerprint density at radius 1 is 1.00 bits per heavy atom. The second kappa shape index (κ2) is 11.0. The fraction of sp³-hybridized carbons (Fsp3) is 0.167. The monoisotopic (exact) mass is 502 g/mol. The predicted molar refractivity (Wildman–Crippen MR) is 126 cm³/mol. The van der Waals surface area contributed by atoms with E-state index in [0.717, 1.165) is 6.07 Å². The zero-order valence-electron chi connectivity index (χ0n) is 18.8. The van der Waals surface area contributed by atoms with Crippen LogP contribution in [-0.4, -0.2) is 33.4 Å². The van der Waals surface area contributed by atoms with Gasteiger partial charge in [0.25, 0.3) is 10.0 Å². The maximum Gasteiger partial charge on any atom is 0.338 e. The Bertz CT molecular complexity index is 1380. The minimum Gasteiger partial charge on any atom is -0.858 e. The normalized spacial score (nSPS) is 11.7. The quantitative estimate of drug-likeness (QED) is 0.261. The molecule has 0 aromatic heterocycles. The summed E-state index contributed by atoms with van der Waals surface area (Å²) in [7, 11) is -4.35. The number of para-hydroxylation sites is 1. The second-order valence-electron chi connectivity index (χ2n) is 7.13. The predicted octanol–water partition coefficient (Wildman–Crippen LogP) is 3.81. The van der Waals surface area contributed by atoms with Crippen molar-refractivity contribution in [2.24, 2.45) is 4.99 Å². The van der Waals surface area contributed by atoms with Gasteiger partial charge < -0.3 is 15.2 Å². The molecule has 35 heavy (non-hydrogen) atoms. The molecule has 11 heteroatoms. The fourth-order valence-electron chi connectivity index (χ4n) is 3.08. The van der Waals surface area contributed by atoms with Crippen LogP contribution in [0.2, 0.25) is 0 Å². The summed E-state index contributed by atoms with van der Waals surface area (Å²) in [6.07, 6.45) is 0. The van der Waals surface area contributed by atoms with Gasteiger partial charge in [-0.2, -0.15) is 0 Å². The molecule has 2 N–H and O–H groups in total. The highest BCUT2D eigenvalue weighted by Gasteiger charge is 2.18. The Hall–Kier alpha value is -3.99. The molecule has 0 unspecified atom stereocenters. The van der Waals surface area contributed by atoms with Crippen molar-refractivity contribution in [3.63, 3.8) is 0 Å². The standard InChI is InChI=1S/C24H23F2N3O5S/c1-3-27-21-12-9-15(24(31)34-4-2)13-22(21)28-23(30)17-7-5-6-8-20(17)29-35(32,33)16-10-11-18(25)19(26)14-16/h5-14,27,29H,3-4H2,1-2H3,(H,28,30)/p-1. The van der Waals surface area contributed by atoms with Crippen molar-refractivity contribution in [2.45, 2.75) is 18.7 Å². The van der Waals surface area contributed by atoms with Gasteiger partial charge in [0.05, 0.1) is 34.1 Å². The van der Waals surface area contributed by atoms with Crippen LogP contribution in [0.4, 0.5) is 25.8 Å². The number of halogens is 2. The highest BCUT2D eigenvalue weighted by Crippen LogP contribution is 2.28. The summed E-state index contributed by atoms with van der Waals surface area (Å²) in [5, 5.41) is 16.1. The molecule has 0 fully saturated rings. The number of hydrogen-bond donors (Lipinski definition) is 2. The minimum absolute atomic E-state index is 0.0948. The lowest BCUT2D eigenvalue weighted by molar-refractivity contribution is -0.212. The largest absolute Gasteiger partial charge is 0.858 e. The third-order valence-corrected chi connectivity index (χ3v) is 6.06. The lowest BCUT2D eigenvalue weighted by Crippen LogP contribution is -2.22. The third kappa shape index (κ3) is 6.12. The average Bonchev–Trinajstić information content (AvgIpc) is 2.82. The third-order valence-electron chi connectivity index (χ3n) is 4.70. The van der Waals surface area contributed by atoms with Gasteiger partial charge in [0.1, 0.15) is 0 Å². The molecule has 8 nitrogen and oxygen atoms in total. The van der Waals surface area contributed by atoms with E-state index in [9.17, 15) is 27.1 Å². The van der Waals surface area contributed by atoms with Crippen LogP contribution in [0.5, 0.6) is 0 Å². The second-order valence-corrected chi connectivity index (χ2v) is 8.81. The van der Waals surface area contributed by atoms with E-state index in [1.54, 1.807) is 13.0 Å². The maximum atomic E-state index is 13.6. The summed E-state index contributed by atoms with van der Waals surface area (Å²) in [5.74, 6) is -3.91. The summed E-state index contributed by atoms with van der Waals surface area (Å²) in [4.78, 5) is 15.7. The zero-order chi connectivity index (χ0) is 25.6. The van der Waals surface area contributed by atoms with E-state index in [1.807, 2.05) is 6.92 Å². The molecule has 0 saturated heterocycles. The van der Waals surface area contributed by atoms with Crippen molar-refractivity contribution >= 4 is 39.0 Å². The molecule has 0 atom stereocenters. The van der Waals surface area contributed by atoms with Crippen molar-refractivity contribution in [3.8, 4) is 0 Å². The van der Waals surface area contributed by atoms with E-state index in [0.29, 0.717) is 24.4 Å². The number of nitrogens with one attached hydrogen (secondary N) is 2. The Kier molecular flexibility index (Phi) is 8.02. The number of hydrogen-bond acceptors (Lipinski definition) is 7. The summed E-state index contributed by atoms with van der Waals surface area (Å²) >= 11 is 0. The Labute approximate surface area is 201 Å². The topological polar surface area (TPSA) is 120 Å². The number of ether oxygens (including phenoxy) is 1. The van der Waals surface area contributed by atoms with Crippen LogP contribution in [0.1, 0.15) is 29.8 Å². The van der Waals surface area contributed by atoms with E-state index in [2.05, 4.69) is 15.0 Å². The minimum atomic E-state index is -4.35. The van der Waals surface area contributed by atoms with Crippen molar-refractivity contribution in [1.82, 2.24) is 0 Å². The molecule has 3 aromatic carbocycles. The first-order valence-electron chi connectivity index (χ1n) is 10.5. The van der Waals surface area contributed by atoms with Crippen LogP contribution in [-0.2, 0) is 14.8 Å². The first-order chi connectivity index (χ1) is 16.7. The van der Waals surface area contributed by atoms with Crippen LogP contribution < -0.4 is 15.1 Å². The Balaban J connectivity index is 2.01. The summed E-state index contributed by atoms with van der Waals surface area (Å²) in [6, 6.07) is 12.3. The van der Waals surface area contributed by atoms with Gasteiger partial charge in [-0.1, -0.05) is 18.2 Å². The SMILES string of the molecule is CCNc1ccc(C(=O)OCC)cc1N=C([O-])c1ccccc1NS(=O)(=O)c1ccc(F)c(F)c1. The summed E-state index contributed by atoms with van der Waals surface area (Å²) in [6.45, 7) is 4.19. The number of benzene rings is 3. The maximum absolute atomic E-state index is 13.6. The van der Waals surface area contributed by atoms with Gasteiger partial charge in [-0.25, -0.2) is 22.0 Å². The highest BCUT2D eigenvalue weighted by molar-refractivity contribution is 7.92. The van der Waals surface area contributed by atoms with E-state index < -0.39 is 38.4 Å². The van der Waals surface area contributed by atoms with E-state index in [-0.39, 0.29) is 29.1 Å². The molecule has 0 heterocycles. The Morgan fingerprint density at radius 2 is 1.74 bits per heavy atom. The van der Waals surface area contributed by atoms with Crippen LogP contribution in [0.3, 0.4) is 0 Å². The number of esters is 1. The molecule has 0 saturated carbocycles. The zero-order valence-corrected chi connectivity index (χ0v) is 19.7. The molecule has 3 aromatic rings. The number of aliphatic imine (C=N–C) groups is 1. The van der Waals surface area contributed by atoms with E-state index in [1.165, 1.54) is 36.4 Å². The fourth-order valence-corrected chi connectivity index (χ4v) is 4.17. The molecule has 3 rings (SSSR count). The smallest absolute Gasteiger partial charge is 0.338 e. The van der Waals surface area contributed by atoms with E-state index >= 15 is 0 Å². The first kappa shape index (κ1) is 25.6. The molecule has 0 bridgehead atoms. The van der Waals surface area contributed by atoms with Gasteiger partial charge in [0.15, 0.2) is 11.6 Å². The average molecular weight is 503 g/mol. The summed E-state index contributed by atoms with van der Waals surface area (Å²) in [5.41, 5.74) is 0.613. The van der Waals surface area contributed by atoms with Crippen LogP contribution in [0.25, 0.3) is 0 Å². The lowest BCUT2D eigenvalue weighted by Gasteiger charge is -2.18. The molecule has 0 spiro atoms. The highest BCUT2D eigenvalue weighted by atomic mass is 32.2. The molecule has 0 aliphatic carbocycles. The molecular weight excluding hydrogens is 480 g/mol. The van der Waals surface area contributed by atoms with Crippen molar-refractivity contribution in [2.75, 3.05) is 23.2 Å². The number of rotatable bonds is 9. The summed E-state index contributed by atoms with van der Waals surface area (Å²) < 4.78 is 59.4. The van der Waals surface area contributed by atoms with Gasteiger partial charge in [0.2, 0.25) is 0 Å². The molecule has 184 valence electrons. The van der Waals surface area contributed by atoms with Gasteiger partial charge in [0, 0.05) is 12.1 Å². The van der Waals surface area contributed by atoms with Gasteiger partial charge >= 0.3 is 5.97 Å². The van der Waals surface area contributed by atoms with Crippen LogP contribution in [0, 0.1) is 11.6 Å². The molecule has 0 radical (unpaired) electrons. The van der Waals surface area contributed by atoms with Crippen molar-refractivity contribution < 1.29 is 31.8 Å². The van der Waals surface area contributed by atoms with Crippen LogP contribution in [0.15, 0.2) is 70.6 Å². The molecule has 0 aliphatic rings. The number of carbonyl (C=O) groups excluding carboxylic acids is 1. The number of anilines is 2. The van der Waals surface area contributed by atoms with Crippen molar-refractivity contribution in [3.05, 3.63) is 83.4 Å². The van der Waals surface area contributed by atoms with Gasteiger partial charge in [-0.3, -0.25) is 9.71 Å². The lowest BCUT2D eigenvalue weighted by atomic mass is 10.1. The van der Waals surface area contributed by atoms with Crippen LogP contribution >= 0.6 is 0 Å². The van der Waals surface area contributed by atoms with Gasteiger partial charge in [-0.15, -0.1) is 0 Å². The van der Waals surface area contributed by atoms with Crippen molar-refractivity contribution in [1.29, 1.82) is 0 Å². The Morgan fingerprint density at radius 3 is 2.43 bits per heavy atom. The molecule has 0 aliphatic heterocycles. The number of nitrogens with zero attached hydrogens (tertiary/aromatic N) is 1. The number of carbonyl (C=O) groups is 1. The first-order valence-corrected chi connectivity index (χ1v) is 12.0. The molecule has 0 amide bonds. The molecular formula is C24H22F2N3O5S-. The van der Waals surface area contributed by atoms with E-state index in [4.69, 9.17) is 4.74 Å². The number of sulfonamides is 1.